The van der Waals surface area contributed by atoms with E-state index in [1.165, 1.54) is 44.9 Å². The molecule has 5 heteroatoms. The first-order valence-electron chi connectivity index (χ1n) is 16.7. The van der Waals surface area contributed by atoms with Crippen molar-refractivity contribution in [1.82, 2.24) is 0 Å². The molecular formula is C36H62O5. The number of unbranched alkanes of at least 4 members (excludes halogenated alkanes) is 13. The minimum atomic E-state index is -0.778. The van der Waals surface area contributed by atoms with Gasteiger partial charge in [-0.1, -0.05) is 120 Å². The summed E-state index contributed by atoms with van der Waals surface area (Å²) in [5.74, 6) is -0.620. The first kappa shape index (κ1) is 38.9. The molecule has 0 fully saturated rings. The van der Waals surface area contributed by atoms with Gasteiger partial charge in [0, 0.05) is 12.8 Å². The number of allylic oxidation sites excluding steroid dienone is 8. The SMILES string of the molecule is CC/C=C\C/C=C\C/C=C\CCCCCCCCCC(=O)OC(CO)COC(=O)CCCCCCC/C=C\CCC. The van der Waals surface area contributed by atoms with Gasteiger partial charge in [-0.15, -0.1) is 0 Å². The van der Waals surface area contributed by atoms with E-state index in [2.05, 4.69) is 62.5 Å². The summed E-state index contributed by atoms with van der Waals surface area (Å²) in [7, 11) is 0. The Morgan fingerprint density at radius 1 is 0.585 bits per heavy atom. The summed E-state index contributed by atoms with van der Waals surface area (Å²) in [6, 6.07) is 0. The third kappa shape index (κ3) is 30.6. The maximum absolute atomic E-state index is 12.1. The van der Waals surface area contributed by atoms with E-state index in [9.17, 15) is 14.7 Å². The highest BCUT2D eigenvalue weighted by atomic mass is 16.6. The normalized spacial score (nSPS) is 12.8. The van der Waals surface area contributed by atoms with Crippen molar-refractivity contribution in [3.63, 3.8) is 0 Å². The average Bonchev–Trinajstić information content (AvgIpc) is 2.97. The molecule has 1 N–H and O–H groups in total. The monoisotopic (exact) mass is 574 g/mol. The van der Waals surface area contributed by atoms with Crippen molar-refractivity contribution in [3.05, 3.63) is 48.6 Å². The molecule has 0 aliphatic heterocycles. The van der Waals surface area contributed by atoms with E-state index in [4.69, 9.17) is 9.47 Å². The highest BCUT2D eigenvalue weighted by Crippen LogP contribution is 2.12. The number of ether oxygens (including phenoxy) is 2. The number of hydrogen-bond donors (Lipinski definition) is 1. The lowest BCUT2D eigenvalue weighted by Gasteiger charge is -2.15. The molecule has 0 aliphatic carbocycles. The molecule has 0 saturated carbocycles. The third-order valence-electron chi connectivity index (χ3n) is 6.84. The Morgan fingerprint density at radius 2 is 1.05 bits per heavy atom. The first-order chi connectivity index (χ1) is 20.1. The van der Waals surface area contributed by atoms with Crippen molar-refractivity contribution >= 4 is 11.9 Å². The zero-order valence-electron chi connectivity index (χ0n) is 26.5. The summed E-state index contributed by atoms with van der Waals surface area (Å²) in [5.41, 5.74) is 0. The number of carbonyl (C=O) groups is 2. The Hall–Kier alpha value is -2.14. The second kappa shape index (κ2) is 32.4. The molecule has 236 valence electrons. The topological polar surface area (TPSA) is 72.8 Å². The van der Waals surface area contributed by atoms with Gasteiger partial charge in [0.25, 0.3) is 0 Å². The average molecular weight is 575 g/mol. The predicted octanol–water partition coefficient (Wildman–Crippen LogP) is 9.89. The van der Waals surface area contributed by atoms with E-state index < -0.39 is 6.10 Å². The van der Waals surface area contributed by atoms with E-state index in [1.54, 1.807) is 0 Å². The lowest BCUT2D eigenvalue weighted by atomic mass is 10.1. The minimum absolute atomic E-state index is 0.0757. The summed E-state index contributed by atoms with van der Waals surface area (Å²) in [4.78, 5) is 24.1. The molecule has 1 atom stereocenters. The first-order valence-corrected chi connectivity index (χ1v) is 16.7. The Balaban J connectivity index is 3.62. The van der Waals surface area contributed by atoms with Gasteiger partial charge in [-0.2, -0.15) is 0 Å². The predicted molar refractivity (Wildman–Crippen MR) is 173 cm³/mol. The standard InChI is InChI=1S/C36H62O5/c1-3-5-7-9-11-13-15-16-17-18-19-20-21-23-25-27-29-31-36(39)41-34(32-37)33-40-35(38)30-28-26-24-22-14-12-10-8-6-4-2/h5,7-8,10-11,13,16-17,34,37H,3-4,6,9,12,14-15,18-33H2,1-2H3/b7-5-,10-8-,13-11-,17-16-. The van der Waals surface area contributed by atoms with Crippen LogP contribution in [0.2, 0.25) is 0 Å². The Labute approximate surface area is 252 Å². The number of carbonyl (C=O) groups excluding carboxylic acids is 2. The van der Waals surface area contributed by atoms with Crippen LogP contribution < -0.4 is 0 Å². The van der Waals surface area contributed by atoms with Gasteiger partial charge < -0.3 is 14.6 Å². The zero-order chi connectivity index (χ0) is 30.1. The number of hydrogen-bond acceptors (Lipinski definition) is 5. The molecule has 0 aliphatic rings. The molecule has 0 rings (SSSR count). The maximum atomic E-state index is 12.1. The van der Waals surface area contributed by atoms with E-state index in [1.807, 2.05) is 0 Å². The van der Waals surface area contributed by atoms with Gasteiger partial charge in [-0.3, -0.25) is 9.59 Å². The highest BCUT2D eigenvalue weighted by molar-refractivity contribution is 5.70. The molecule has 0 spiro atoms. The fourth-order valence-electron chi connectivity index (χ4n) is 4.33. The van der Waals surface area contributed by atoms with Crippen molar-refractivity contribution in [3.8, 4) is 0 Å². The van der Waals surface area contributed by atoms with Crippen LogP contribution in [0.15, 0.2) is 48.6 Å². The van der Waals surface area contributed by atoms with Crippen LogP contribution in [0.5, 0.6) is 0 Å². The second-order valence-electron chi connectivity index (χ2n) is 10.9. The van der Waals surface area contributed by atoms with Gasteiger partial charge in [0.1, 0.15) is 6.61 Å². The lowest BCUT2D eigenvalue weighted by molar-refractivity contribution is -0.161. The van der Waals surface area contributed by atoms with E-state index >= 15 is 0 Å². The van der Waals surface area contributed by atoms with Crippen molar-refractivity contribution in [2.45, 2.75) is 155 Å². The zero-order valence-corrected chi connectivity index (χ0v) is 26.5. The summed E-state index contributed by atoms with van der Waals surface area (Å²) in [6.07, 6.45) is 38.8. The van der Waals surface area contributed by atoms with Crippen molar-refractivity contribution < 1.29 is 24.2 Å². The van der Waals surface area contributed by atoms with Gasteiger partial charge >= 0.3 is 11.9 Å². The number of esters is 2. The molecule has 1 unspecified atom stereocenters. The van der Waals surface area contributed by atoms with Gasteiger partial charge in [-0.25, -0.2) is 0 Å². The fourth-order valence-corrected chi connectivity index (χ4v) is 4.33. The van der Waals surface area contributed by atoms with E-state index in [-0.39, 0.29) is 25.2 Å². The van der Waals surface area contributed by atoms with Crippen LogP contribution in [0.4, 0.5) is 0 Å². The van der Waals surface area contributed by atoms with Crippen LogP contribution in [0.1, 0.15) is 149 Å². The van der Waals surface area contributed by atoms with E-state index in [0.717, 1.165) is 77.0 Å². The second-order valence-corrected chi connectivity index (χ2v) is 10.9. The summed E-state index contributed by atoms with van der Waals surface area (Å²) in [5, 5.41) is 9.49. The van der Waals surface area contributed by atoms with Crippen LogP contribution in [0.3, 0.4) is 0 Å². The van der Waals surface area contributed by atoms with Gasteiger partial charge in [-0.05, 0) is 64.2 Å². The van der Waals surface area contributed by atoms with E-state index in [0.29, 0.717) is 12.8 Å². The van der Waals surface area contributed by atoms with Gasteiger partial charge in [0.2, 0.25) is 0 Å². The van der Waals surface area contributed by atoms with Crippen LogP contribution in [-0.2, 0) is 19.1 Å². The van der Waals surface area contributed by atoms with Crippen molar-refractivity contribution in [2.75, 3.05) is 13.2 Å². The Kier molecular flexibility index (Phi) is 30.7. The molecule has 0 amide bonds. The minimum Gasteiger partial charge on any atom is -0.462 e. The summed E-state index contributed by atoms with van der Waals surface area (Å²) >= 11 is 0. The van der Waals surface area contributed by atoms with Gasteiger partial charge in [0.15, 0.2) is 6.10 Å². The highest BCUT2D eigenvalue weighted by Gasteiger charge is 2.16. The quantitative estimate of drug-likeness (QED) is 0.0547. The number of aliphatic hydroxyl groups is 1. The smallest absolute Gasteiger partial charge is 0.306 e. The molecule has 5 nitrogen and oxygen atoms in total. The maximum Gasteiger partial charge on any atom is 0.306 e. The molecule has 0 bridgehead atoms. The molecule has 0 heterocycles. The number of rotatable bonds is 29. The third-order valence-corrected chi connectivity index (χ3v) is 6.84. The van der Waals surface area contributed by atoms with Crippen molar-refractivity contribution in [2.24, 2.45) is 0 Å². The van der Waals surface area contributed by atoms with Crippen LogP contribution in [0, 0.1) is 0 Å². The van der Waals surface area contributed by atoms with Crippen LogP contribution in [-0.4, -0.2) is 36.4 Å². The van der Waals surface area contributed by atoms with Crippen LogP contribution in [0.25, 0.3) is 0 Å². The molecule has 41 heavy (non-hydrogen) atoms. The largest absolute Gasteiger partial charge is 0.462 e. The molecule has 0 aromatic carbocycles. The van der Waals surface area contributed by atoms with Crippen LogP contribution >= 0.6 is 0 Å². The fraction of sp³-hybridized carbons (Fsp3) is 0.722. The molecule has 0 radical (unpaired) electrons. The molecule has 0 saturated heterocycles. The summed E-state index contributed by atoms with van der Waals surface area (Å²) < 4.78 is 10.5. The summed E-state index contributed by atoms with van der Waals surface area (Å²) in [6.45, 7) is 3.92. The Bertz CT molecular complexity index is 707. The molecule has 0 aromatic rings. The number of aliphatic hydroxyl groups excluding tert-OH is 1. The molecule has 0 aromatic heterocycles. The Morgan fingerprint density at radius 3 is 1.61 bits per heavy atom. The lowest BCUT2D eigenvalue weighted by Crippen LogP contribution is -2.28. The molecular weight excluding hydrogens is 512 g/mol. The van der Waals surface area contributed by atoms with Crippen molar-refractivity contribution in [1.29, 1.82) is 0 Å². The van der Waals surface area contributed by atoms with Gasteiger partial charge in [0.05, 0.1) is 6.61 Å².